The number of imidazole rings is 1. The molecule has 3 aliphatic heterocycles. The number of aromatic nitrogens is 2. The SMILES string of the molecule is COc1ccc(-c2cn3cc(C4CC5CCC(C4)N5C4CCN(C5CC5)CC4)cc(C)c3n2)cc1OC. The number of likely N-dealkylation sites (tertiary alicyclic amines) is 1. The minimum atomic E-state index is 0.648. The van der Waals surface area contributed by atoms with Gasteiger partial charge in [-0.25, -0.2) is 4.98 Å². The van der Waals surface area contributed by atoms with E-state index in [2.05, 4.69) is 45.7 Å². The summed E-state index contributed by atoms with van der Waals surface area (Å²) in [5.74, 6) is 2.12. The molecule has 0 N–H and O–H groups in total. The van der Waals surface area contributed by atoms with Crippen molar-refractivity contribution >= 4 is 5.65 Å². The molecule has 196 valence electrons. The normalized spacial score (nSPS) is 27.2. The van der Waals surface area contributed by atoms with Crippen molar-refractivity contribution < 1.29 is 9.47 Å². The predicted molar refractivity (Wildman–Crippen MR) is 147 cm³/mol. The first-order valence-electron chi connectivity index (χ1n) is 14.3. The Hall–Kier alpha value is -2.57. The van der Waals surface area contributed by atoms with Crippen molar-refractivity contribution in [3.8, 4) is 22.8 Å². The second-order valence-electron chi connectivity index (χ2n) is 11.9. The standard InChI is InChI=1S/C31H40N4O2/c1-20-14-23(18-34-19-28(32-31(20)34)21-4-9-29(36-2)30(17-21)37-3)22-15-26-7-8-27(16-22)35(26)25-10-12-33(13-11-25)24-5-6-24/h4,9,14,17-19,22,24-27H,5-8,10-13,15-16H2,1-3H3. The highest BCUT2D eigenvalue weighted by Gasteiger charge is 2.45. The molecule has 1 aromatic carbocycles. The van der Waals surface area contributed by atoms with Gasteiger partial charge < -0.3 is 18.8 Å². The second-order valence-corrected chi connectivity index (χ2v) is 11.9. The fourth-order valence-corrected chi connectivity index (χ4v) is 7.72. The maximum absolute atomic E-state index is 5.53. The minimum Gasteiger partial charge on any atom is -0.493 e. The van der Waals surface area contributed by atoms with Gasteiger partial charge in [0, 0.05) is 42.1 Å². The maximum atomic E-state index is 5.53. The Balaban J connectivity index is 1.10. The molecular formula is C31H40N4O2. The number of rotatable bonds is 6. The predicted octanol–water partition coefficient (Wildman–Crippen LogP) is 5.66. The van der Waals surface area contributed by atoms with Crippen LogP contribution >= 0.6 is 0 Å². The zero-order valence-electron chi connectivity index (χ0n) is 22.5. The molecule has 7 rings (SSSR count). The Morgan fingerprint density at radius 2 is 1.49 bits per heavy atom. The first-order valence-corrected chi connectivity index (χ1v) is 14.3. The molecule has 0 spiro atoms. The van der Waals surface area contributed by atoms with E-state index in [1.165, 1.54) is 75.6 Å². The smallest absolute Gasteiger partial charge is 0.161 e. The molecule has 3 aromatic rings. The lowest BCUT2D eigenvalue weighted by Crippen LogP contribution is -2.52. The molecular weight excluding hydrogens is 460 g/mol. The number of nitrogens with zero attached hydrogens (tertiary/aromatic N) is 4. The first-order chi connectivity index (χ1) is 18.1. The van der Waals surface area contributed by atoms with Crippen molar-refractivity contribution in [1.29, 1.82) is 0 Å². The lowest BCUT2D eigenvalue weighted by molar-refractivity contribution is 0.0359. The van der Waals surface area contributed by atoms with Crippen LogP contribution in [0.25, 0.3) is 16.9 Å². The van der Waals surface area contributed by atoms with Gasteiger partial charge >= 0.3 is 0 Å². The summed E-state index contributed by atoms with van der Waals surface area (Å²) in [5.41, 5.74) is 5.79. The van der Waals surface area contributed by atoms with Crippen molar-refractivity contribution in [3.63, 3.8) is 0 Å². The molecule has 2 aromatic heterocycles. The highest BCUT2D eigenvalue weighted by molar-refractivity contribution is 5.67. The quantitative estimate of drug-likeness (QED) is 0.437. The zero-order chi connectivity index (χ0) is 25.1. The van der Waals surface area contributed by atoms with Crippen LogP contribution in [0.5, 0.6) is 11.5 Å². The third-order valence-corrected chi connectivity index (χ3v) is 9.68. The van der Waals surface area contributed by atoms with Crippen LogP contribution in [-0.4, -0.2) is 70.7 Å². The van der Waals surface area contributed by atoms with Gasteiger partial charge in [-0.1, -0.05) is 6.07 Å². The summed E-state index contributed by atoms with van der Waals surface area (Å²) < 4.78 is 13.2. The summed E-state index contributed by atoms with van der Waals surface area (Å²) in [4.78, 5) is 10.7. The third kappa shape index (κ3) is 4.22. The number of ether oxygens (including phenoxy) is 2. The molecule has 1 saturated carbocycles. The van der Waals surface area contributed by atoms with Crippen LogP contribution in [0.15, 0.2) is 36.7 Å². The average Bonchev–Trinajstić information content (AvgIpc) is 3.63. The van der Waals surface area contributed by atoms with Gasteiger partial charge in [0.1, 0.15) is 5.65 Å². The van der Waals surface area contributed by atoms with Gasteiger partial charge in [0.2, 0.25) is 0 Å². The van der Waals surface area contributed by atoms with Gasteiger partial charge in [0.15, 0.2) is 11.5 Å². The van der Waals surface area contributed by atoms with E-state index in [1.54, 1.807) is 14.2 Å². The highest BCUT2D eigenvalue weighted by atomic mass is 16.5. The van der Waals surface area contributed by atoms with Crippen molar-refractivity contribution in [1.82, 2.24) is 19.2 Å². The number of piperidine rings is 2. The van der Waals surface area contributed by atoms with Gasteiger partial charge in [0.05, 0.1) is 19.9 Å². The fourth-order valence-electron chi connectivity index (χ4n) is 7.72. The lowest BCUT2D eigenvalue weighted by Gasteiger charge is -2.46. The van der Waals surface area contributed by atoms with Crippen molar-refractivity contribution in [3.05, 3.63) is 47.8 Å². The Morgan fingerprint density at radius 1 is 0.784 bits per heavy atom. The van der Waals surface area contributed by atoms with Crippen LogP contribution in [0.2, 0.25) is 0 Å². The highest BCUT2D eigenvalue weighted by Crippen LogP contribution is 2.46. The van der Waals surface area contributed by atoms with E-state index < -0.39 is 0 Å². The largest absolute Gasteiger partial charge is 0.493 e. The molecule has 2 unspecified atom stereocenters. The molecule has 2 bridgehead atoms. The van der Waals surface area contributed by atoms with Crippen LogP contribution in [0.3, 0.4) is 0 Å². The number of methoxy groups -OCH3 is 2. The van der Waals surface area contributed by atoms with Crippen molar-refractivity contribution in [2.45, 2.75) is 88.4 Å². The molecule has 3 saturated heterocycles. The molecule has 37 heavy (non-hydrogen) atoms. The van der Waals surface area contributed by atoms with Gasteiger partial charge in [-0.2, -0.15) is 0 Å². The molecule has 2 atom stereocenters. The summed E-state index contributed by atoms with van der Waals surface area (Å²) in [6.45, 7) is 4.86. The Bertz CT molecular complexity index is 1280. The van der Waals surface area contributed by atoms with E-state index in [0.29, 0.717) is 5.92 Å². The summed E-state index contributed by atoms with van der Waals surface area (Å²) >= 11 is 0. The van der Waals surface area contributed by atoms with E-state index in [9.17, 15) is 0 Å². The number of aryl methyl sites for hydroxylation is 1. The van der Waals surface area contributed by atoms with E-state index in [1.807, 2.05) is 12.1 Å². The third-order valence-electron chi connectivity index (χ3n) is 9.68. The number of fused-ring (bicyclic) bond motifs is 3. The molecule has 6 heteroatoms. The topological polar surface area (TPSA) is 42.2 Å². The molecule has 5 heterocycles. The second kappa shape index (κ2) is 9.32. The van der Waals surface area contributed by atoms with Gasteiger partial charge in [0.25, 0.3) is 0 Å². The summed E-state index contributed by atoms with van der Waals surface area (Å²) in [7, 11) is 3.35. The van der Waals surface area contributed by atoms with Crippen LogP contribution in [-0.2, 0) is 0 Å². The summed E-state index contributed by atoms with van der Waals surface area (Å²) in [6.07, 6.45) is 15.6. The Morgan fingerprint density at radius 3 is 2.16 bits per heavy atom. The molecule has 4 fully saturated rings. The zero-order valence-corrected chi connectivity index (χ0v) is 22.5. The van der Waals surface area contributed by atoms with E-state index in [4.69, 9.17) is 14.5 Å². The fraction of sp³-hybridized carbons (Fsp3) is 0.581. The molecule has 0 amide bonds. The minimum absolute atomic E-state index is 0.648. The van der Waals surface area contributed by atoms with E-state index in [-0.39, 0.29) is 0 Å². The average molecular weight is 501 g/mol. The number of hydrogen-bond acceptors (Lipinski definition) is 5. The summed E-state index contributed by atoms with van der Waals surface area (Å²) in [6, 6.07) is 11.7. The molecule has 0 radical (unpaired) electrons. The number of benzene rings is 1. The van der Waals surface area contributed by atoms with Gasteiger partial charge in [-0.15, -0.1) is 0 Å². The monoisotopic (exact) mass is 500 g/mol. The maximum Gasteiger partial charge on any atom is 0.161 e. The van der Waals surface area contributed by atoms with Crippen LogP contribution in [0, 0.1) is 6.92 Å². The first kappa shape index (κ1) is 23.5. The molecule has 4 aliphatic rings. The number of pyridine rings is 1. The lowest BCUT2D eigenvalue weighted by atomic mass is 9.83. The van der Waals surface area contributed by atoms with Gasteiger partial charge in [-0.3, -0.25) is 4.90 Å². The van der Waals surface area contributed by atoms with Gasteiger partial charge in [-0.05, 0) is 107 Å². The van der Waals surface area contributed by atoms with E-state index in [0.717, 1.165) is 52.6 Å². The van der Waals surface area contributed by atoms with E-state index >= 15 is 0 Å². The number of hydrogen-bond donors (Lipinski definition) is 0. The molecule has 6 nitrogen and oxygen atoms in total. The Kier molecular flexibility index (Phi) is 5.93. The van der Waals surface area contributed by atoms with Crippen LogP contribution in [0.1, 0.15) is 68.4 Å². The van der Waals surface area contributed by atoms with Crippen LogP contribution in [0.4, 0.5) is 0 Å². The van der Waals surface area contributed by atoms with Crippen molar-refractivity contribution in [2.24, 2.45) is 0 Å². The summed E-state index contributed by atoms with van der Waals surface area (Å²) in [5, 5.41) is 0. The van der Waals surface area contributed by atoms with Crippen LogP contribution < -0.4 is 9.47 Å². The Labute approximate surface area is 220 Å². The molecule has 1 aliphatic carbocycles. The van der Waals surface area contributed by atoms with Crippen molar-refractivity contribution in [2.75, 3.05) is 27.3 Å².